The quantitative estimate of drug-likeness (QED) is 0.700. The number of hydrogen-bond acceptors (Lipinski definition) is 4. The summed E-state index contributed by atoms with van der Waals surface area (Å²) < 4.78 is 9.60. The highest BCUT2D eigenvalue weighted by Gasteiger charge is 2.45. The lowest BCUT2D eigenvalue weighted by molar-refractivity contribution is -0.142. The largest absolute Gasteiger partial charge is 0.469 e. The summed E-state index contributed by atoms with van der Waals surface area (Å²) in [5.41, 5.74) is -0.514. The molecule has 5 heteroatoms. The van der Waals surface area contributed by atoms with E-state index in [2.05, 4.69) is 10.1 Å². The Morgan fingerprint density at radius 3 is 2.40 bits per heavy atom. The predicted molar refractivity (Wildman–Crippen MR) is 53.3 cm³/mol. The second-order valence-electron chi connectivity index (χ2n) is 4.62. The summed E-state index contributed by atoms with van der Waals surface area (Å²) in [6.07, 6.45) is 0.144. The Bertz CT molecular complexity index is 269. The lowest BCUT2D eigenvalue weighted by Crippen LogP contribution is -2.35. The number of alkyl carbamates (subject to hydrolysis) is 1. The van der Waals surface area contributed by atoms with Crippen LogP contribution in [0.15, 0.2) is 0 Å². The maximum Gasteiger partial charge on any atom is 0.407 e. The highest BCUT2D eigenvalue weighted by molar-refractivity contribution is 5.78. The standard InChI is InChI=1S/C10H17NO4/c1-10(2,3)15-9(13)11-7-5-6(7)8(12)14-4/h6-7H,5H2,1-4H3,(H,11,13)/t6-,7+/m1/s1. The second kappa shape index (κ2) is 4.08. The van der Waals surface area contributed by atoms with Crippen LogP contribution in [0.1, 0.15) is 27.2 Å². The van der Waals surface area contributed by atoms with Crippen molar-refractivity contribution in [2.24, 2.45) is 5.92 Å². The van der Waals surface area contributed by atoms with Gasteiger partial charge in [-0.25, -0.2) is 4.79 Å². The van der Waals surface area contributed by atoms with Crippen LogP contribution in [0.2, 0.25) is 0 Å². The van der Waals surface area contributed by atoms with Crippen molar-refractivity contribution in [3.63, 3.8) is 0 Å². The molecule has 0 saturated heterocycles. The van der Waals surface area contributed by atoms with E-state index in [0.717, 1.165) is 0 Å². The van der Waals surface area contributed by atoms with Crippen molar-refractivity contribution in [2.75, 3.05) is 7.11 Å². The average Bonchev–Trinajstić information content (AvgIpc) is 2.79. The number of carbonyl (C=O) groups is 2. The molecule has 1 N–H and O–H groups in total. The Balaban J connectivity index is 2.28. The Morgan fingerprint density at radius 1 is 1.33 bits per heavy atom. The van der Waals surface area contributed by atoms with Crippen LogP contribution in [0.4, 0.5) is 4.79 Å². The van der Waals surface area contributed by atoms with Crippen molar-refractivity contribution in [3.8, 4) is 0 Å². The lowest BCUT2D eigenvalue weighted by atomic mass is 10.2. The number of nitrogens with one attached hydrogen (secondary N) is 1. The van der Waals surface area contributed by atoms with E-state index in [-0.39, 0.29) is 17.9 Å². The van der Waals surface area contributed by atoms with Gasteiger partial charge in [-0.3, -0.25) is 4.79 Å². The van der Waals surface area contributed by atoms with Crippen LogP contribution in [0.25, 0.3) is 0 Å². The number of rotatable bonds is 2. The summed E-state index contributed by atoms with van der Waals surface area (Å²) >= 11 is 0. The molecule has 1 aliphatic carbocycles. The summed E-state index contributed by atoms with van der Waals surface area (Å²) in [6, 6.07) is -0.132. The zero-order chi connectivity index (χ0) is 11.6. The first-order valence-electron chi connectivity index (χ1n) is 4.91. The number of amides is 1. The fourth-order valence-corrected chi connectivity index (χ4v) is 1.23. The Labute approximate surface area is 89.1 Å². The van der Waals surface area contributed by atoms with Gasteiger partial charge in [0.25, 0.3) is 0 Å². The zero-order valence-electron chi connectivity index (χ0n) is 9.49. The molecule has 0 heterocycles. The zero-order valence-corrected chi connectivity index (χ0v) is 9.49. The third kappa shape index (κ3) is 3.77. The molecule has 0 aromatic carbocycles. The summed E-state index contributed by atoms with van der Waals surface area (Å²) in [5, 5.41) is 2.61. The van der Waals surface area contributed by atoms with E-state index in [1.54, 1.807) is 20.8 Å². The van der Waals surface area contributed by atoms with Crippen molar-refractivity contribution in [1.29, 1.82) is 0 Å². The molecule has 86 valence electrons. The Hall–Kier alpha value is -1.26. The molecule has 5 nitrogen and oxygen atoms in total. The van der Waals surface area contributed by atoms with E-state index in [9.17, 15) is 9.59 Å². The molecule has 0 spiro atoms. The van der Waals surface area contributed by atoms with E-state index in [1.165, 1.54) is 7.11 Å². The fraction of sp³-hybridized carbons (Fsp3) is 0.800. The number of methoxy groups -OCH3 is 1. The third-order valence-electron chi connectivity index (χ3n) is 2.00. The molecule has 0 unspecified atom stereocenters. The number of hydrogen-bond donors (Lipinski definition) is 1. The molecular weight excluding hydrogens is 198 g/mol. The van der Waals surface area contributed by atoms with Crippen LogP contribution < -0.4 is 5.32 Å². The maximum absolute atomic E-state index is 11.3. The molecule has 1 saturated carbocycles. The van der Waals surface area contributed by atoms with Gasteiger partial charge in [0.1, 0.15) is 5.60 Å². The van der Waals surface area contributed by atoms with Crippen LogP contribution in [0.3, 0.4) is 0 Å². The van der Waals surface area contributed by atoms with Gasteiger partial charge < -0.3 is 14.8 Å². The highest BCUT2D eigenvalue weighted by Crippen LogP contribution is 2.31. The topological polar surface area (TPSA) is 64.6 Å². The van der Waals surface area contributed by atoms with Gasteiger partial charge in [0.2, 0.25) is 0 Å². The summed E-state index contributed by atoms with van der Waals surface area (Å²) in [6.45, 7) is 5.37. The van der Waals surface area contributed by atoms with Crippen LogP contribution >= 0.6 is 0 Å². The first-order chi connectivity index (χ1) is 6.83. The lowest BCUT2D eigenvalue weighted by Gasteiger charge is -2.19. The van der Waals surface area contributed by atoms with E-state index in [4.69, 9.17) is 4.74 Å². The second-order valence-corrected chi connectivity index (χ2v) is 4.62. The van der Waals surface area contributed by atoms with Crippen LogP contribution in [-0.2, 0) is 14.3 Å². The van der Waals surface area contributed by atoms with Gasteiger partial charge in [-0.15, -0.1) is 0 Å². The minimum Gasteiger partial charge on any atom is -0.469 e. The molecule has 1 amide bonds. The monoisotopic (exact) mass is 215 g/mol. The molecule has 1 aliphatic rings. The maximum atomic E-state index is 11.3. The molecule has 0 radical (unpaired) electrons. The molecule has 2 atom stereocenters. The average molecular weight is 215 g/mol. The van der Waals surface area contributed by atoms with Gasteiger partial charge >= 0.3 is 12.1 Å². The van der Waals surface area contributed by atoms with Crippen molar-refractivity contribution in [2.45, 2.75) is 38.8 Å². The Morgan fingerprint density at radius 2 is 1.93 bits per heavy atom. The van der Waals surface area contributed by atoms with Gasteiger partial charge in [0, 0.05) is 6.04 Å². The van der Waals surface area contributed by atoms with Crippen molar-refractivity contribution in [3.05, 3.63) is 0 Å². The van der Waals surface area contributed by atoms with Crippen molar-refractivity contribution >= 4 is 12.1 Å². The van der Waals surface area contributed by atoms with Crippen LogP contribution in [0, 0.1) is 5.92 Å². The smallest absolute Gasteiger partial charge is 0.407 e. The summed E-state index contributed by atoms with van der Waals surface area (Å²) in [7, 11) is 1.34. The van der Waals surface area contributed by atoms with Crippen molar-refractivity contribution in [1.82, 2.24) is 5.32 Å². The summed E-state index contributed by atoms with van der Waals surface area (Å²) in [4.78, 5) is 22.3. The Kier molecular flexibility index (Phi) is 3.21. The molecule has 0 aromatic heterocycles. The molecule has 1 rings (SSSR count). The highest BCUT2D eigenvalue weighted by atomic mass is 16.6. The van der Waals surface area contributed by atoms with Crippen molar-refractivity contribution < 1.29 is 19.1 Å². The van der Waals surface area contributed by atoms with Gasteiger partial charge in [-0.1, -0.05) is 0 Å². The minimum atomic E-state index is -0.514. The van der Waals surface area contributed by atoms with Gasteiger partial charge in [-0.2, -0.15) is 0 Å². The van der Waals surface area contributed by atoms with Crippen LogP contribution in [-0.4, -0.2) is 30.8 Å². The first kappa shape index (κ1) is 11.8. The molecule has 0 aliphatic heterocycles. The number of esters is 1. The first-order valence-corrected chi connectivity index (χ1v) is 4.91. The number of ether oxygens (including phenoxy) is 2. The minimum absolute atomic E-state index is 0.132. The molecule has 0 bridgehead atoms. The van der Waals surface area contributed by atoms with Crippen LogP contribution in [0.5, 0.6) is 0 Å². The van der Waals surface area contributed by atoms with E-state index in [0.29, 0.717) is 6.42 Å². The van der Waals surface area contributed by atoms with E-state index >= 15 is 0 Å². The van der Waals surface area contributed by atoms with E-state index in [1.807, 2.05) is 0 Å². The SMILES string of the molecule is COC(=O)[C@@H]1C[C@@H]1NC(=O)OC(C)(C)C. The third-order valence-corrected chi connectivity index (χ3v) is 2.00. The van der Waals surface area contributed by atoms with E-state index < -0.39 is 11.7 Å². The molecule has 15 heavy (non-hydrogen) atoms. The fourth-order valence-electron chi connectivity index (χ4n) is 1.23. The molecule has 1 fully saturated rings. The molecular formula is C10H17NO4. The number of carbonyl (C=O) groups excluding carboxylic acids is 2. The molecule has 0 aromatic rings. The predicted octanol–water partition coefficient (Wildman–Crippen LogP) is 1.07. The van der Waals surface area contributed by atoms with Gasteiger partial charge in [0.05, 0.1) is 13.0 Å². The summed E-state index contributed by atoms with van der Waals surface area (Å²) in [5.74, 6) is -0.487. The van der Waals surface area contributed by atoms with Gasteiger partial charge in [0.15, 0.2) is 0 Å². The normalized spacial score (nSPS) is 24.3. The van der Waals surface area contributed by atoms with Gasteiger partial charge in [-0.05, 0) is 27.2 Å².